The number of benzene rings is 2. The van der Waals surface area contributed by atoms with Crippen LogP contribution in [0.5, 0.6) is 0 Å². The van der Waals surface area contributed by atoms with Gasteiger partial charge in [0.1, 0.15) is 11.5 Å². The van der Waals surface area contributed by atoms with Crippen molar-refractivity contribution < 1.29 is 18.8 Å². The van der Waals surface area contributed by atoms with Crippen LogP contribution in [0.1, 0.15) is 72.8 Å². The van der Waals surface area contributed by atoms with Crippen molar-refractivity contribution >= 4 is 30.0 Å². The van der Waals surface area contributed by atoms with Crippen LogP contribution >= 0.6 is 0 Å². The van der Waals surface area contributed by atoms with Crippen molar-refractivity contribution in [1.29, 1.82) is 0 Å². The number of aromatic nitrogens is 2. The first-order chi connectivity index (χ1) is 21.3. The number of carboxylic acid groups (broad SMARTS) is 1. The summed E-state index contributed by atoms with van der Waals surface area (Å²) in [5.41, 5.74) is 5.16. The van der Waals surface area contributed by atoms with Crippen LogP contribution in [0.4, 0.5) is 26.2 Å². The lowest BCUT2D eigenvalue weighted by molar-refractivity contribution is 0.0683. The van der Waals surface area contributed by atoms with Crippen LogP contribution in [0.25, 0.3) is 0 Å². The van der Waals surface area contributed by atoms with Crippen LogP contribution in [0, 0.1) is 11.7 Å². The molecule has 11 heteroatoms. The van der Waals surface area contributed by atoms with Crippen molar-refractivity contribution in [2.45, 2.75) is 77.0 Å². The number of aromatic carboxylic acids is 1. The Kier molecular flexibility index (Phi) is 10.5. The number of piperidine rings is 1. The summed E-state index contributed by atoms with van der Waals surface area (Å²) >= 11 is 0. The number of halogens is 2. The third-order valence-electron chi connectivity index (χ3n) is 8.90. The predicted octanol–water partition coefficient (Wildman–Crippen LogP) is 6.28. The summed E-state index contributed by atoms with van der Waals surface area (Å²) < 4.78 is 26.4. The maximum atomic E-state index is 13.6. The molecule has 2 aromatic carbocycles. The number of carbonyl (C=O) groups is 1. The molecule has 234 valence electrons. The van der Waals surface area contributed by atoms with E-state index in [-0.39, 0.29) is 36.1 Å². The minimum Gasteiger partial charge on any atom is -0.475 e. The van der Waals surface area contributed by atoms with Gasteiger partial charge < -0.3 is 15.3 Å². The van der Waals surface area contributed by atoms with Gasteiger partial charge in [-0.3, -0.25) is 4.90 Å². The second kappa shape index (κ2) is 14.7. The monoisotopic (exact) mass is 605 g/mol. The molecule has 9 nitrogen and oxygen atoms in total. The molecule has 2 aliphatic rings. The maximum absolute atomic E-state index is 13.6. The zero-order valence-electron chi connectivity index (χ0n) is 25.2. The van der Waals surface area contributed by atoms with E-state index in [1.807, 2.05) is 36.4 Å². The fraction of sp³-hybridized carbons (Fsp3) is 0.455. The van der Waals surface area contributed by atoms with Gasteiger partial charge in [0.05, 0.1) is 13.2 Å². The summed E-state index contributed by atoms with van der Waals surface area (Å²) in [7, 11) is 0. The lowest BCUT2D eigenvalue weighted by Crippen LogP contribution is -2.47. The third-order valence-corrected chi connectivity index (χ3v) is 8.90. The lowest BCUT2D eigenvalue weighted by Gasteiger charge is -2.41. The Hall–Kier alpha value is -3.96. The van der Waals surface area contributed by atoms with Gasteiger partial charge in [0.2, 0.25) is 5.82 Å². The van der Waals surface area contributed by atoms with Gasteiger partial charge in [0.25, 0.3) is 0 Å². The topological polar surface area (TPSA) is 106 Å². The zero-order chi connectivity index (χ0) is 31.1. The molecule has 1 unspecified atom stereocenters. The van der Waals surface area contributed by atoms with E-state index < -0.39 is 5.97 Å². The molecule has 3 aromatic rings. The van der Waals surface area contributed by atoms with Gasteiger partial charge in [-0.2, -0.15) is 5.54 Å². The molecule has 1 aromatic heterocycles. The molecule has 0 spiro atoms. The van der Waals surface area contributed by atoms with Crippen LogP contribution < -0.4 is 15.8 Å². The van der Waals surface area contributed by atoms with Crippen molar-refractivity contribution in [1.82, 2.24) is 20.4 Å². The highest BCUT2D eigenvalue weighted by Crippen LogP contribution is 2.38. The molecule has 2 atom stereocenters. The standard InChI is InChI=1S/C33H41F2N7O2/c1-22(26-6-5-7-26)38-31-29(30(36-2)39-32(40-31)33(43)44)42(20-25-11-9-24(10-12-25)19-37-35)21-41-17-4-3-8-28(41)18-23-13-15-27(34)16-14-23/h9-16,22,26,28,37H,2-8,17-21H2,1H3,(H,43,44)(H,38,39,40)/t22-,28?/m1/s1. The minimum absolute atomic E-state index is 0.0762. The summed E-state index contributed by atoms with van der Waals surface area (Å²) in [6, 6.07) is 14.7. The van der Waals surface area contributed by atoms with Gasteiger partial charge in [-0.1, -0.05) is 49.2 Å². The summed E-state index contributed by atoms with van der Waals surface area (Å²) in [4.78, 5) is 29.6. The first-order valence-electron chi connectivity index (χ1n) is 15.4. The SMILES string of the molecule is C=Nc1nc(C(=O)O)nc(N[C@H](C)C2CCC2)c1N(Cc1ccc(CNF)cc1)CN1CCCCC1Cc1ccc(F)cc1. The Morgan fingerprint density at radius 3 is 2.41 bits per heavy atom. The van der Waals surface area contributed by atoms with Gasteiger partial charge in [-0.05, 0) is 80.5 Å². The van der Waals surface area contributed by atoms with Crippen LogP contribution in [0.3, 0.4) is 0 Å². The summed E-state index contributed by atoms with van der Waals surface area (Å²) in [5, 5.41) is 13.3. The normalized spacial score (nSPS) is 17.9. The maximum Gasteiger partial charge on any atom is 0.374 e. The number of likely N-dealkylation sites (tertiary alicyclic amines) is 1. The molecule has 0 amide bonds. The fourth-order valence-electron chi connectivity index (χ4n) is 6.16. The van der Waals surface area contributed by atoms with Gasteiger partial charge in [0.15, 0.2) is 11.6 Å². The number of rotatable bonds is 14. The highest BCUT2D eigenvalue weighted by Gasteiger charge is 2.31. The van der Waals surface area contributed by atoms with Crippen LogP contribution in [0.2, 0.25) is 0 Å². The third kappa shape index (κ3) is 7.75. The second-order valence-electron chi connectivity index (χ2n) is 11.9. The molecule has 2 heterocycles. The number of aliphatic imine (C=N–C) groups is 1. The van der Waals surface area contributed by atoms with E-state index in [1.54, 1.807) is 5.54 Å². The van der Waals surface area contributed by atoms with Gasteiger partial charge in [-0.15, -0.1) is 4.48 Å². The van der Waals surface area contributed by atoms with Gasteiger partial charge >= 0.3 is 5.97 Å². The lowest BCUT2D eigenvalue weighted by atomic mass is 9.80. The minimum atomic E-state index is -1.24. The molecule has 1 saturated heterocycles. The van der Waals surface area contributed by atoms with Gasteiger partial charge in [0, 0.05) is 25.2 Å². The Labute approximate surface area is 257 Å². The van der Waals surface area contributed by atoms with Crippen molar-refractivity contribution in [3.8, 4) is 0 Å². The zero-order valence-corrected chi connectivity index (χ0v) is 25.2. The molecular weight excluding hydrogens is 564 g/mol. The van der Waals surface area contributed by atoms with Crippen molar-refractivity contribution in [3.05, 3.63) is 76.9 Å². The number of carboxylic acids is 1. The van der Waals surface area contributed by atoms with Crippen LogP contribution in [-0.2, 0) is 19.5 Å². The molecule has 1 aliphatic heterocycles. The van der Waals surface area contributed by atoms with E-state index in [4.69, 9.17) is 0 Å². The first kappa shape index (κ1) is 31.5. The van der Waals surface area contributed by atoms with E-state index in [9.17, 15) is 18.8 Å². The Balaban J connectivity index is 1.52. The van der Waals surface area contributed by atoms with Crippen molar-refractivity contribution in [3.63, 3.8) is 0 Å². The summed E-state index contributed by atoms with van der Waals surface area (Å²) in [6.07, 6.45) is 7.32. The van der Waals surface area contributed by atoms with Crippen LogP contribution in [-0.4, -0.2) is 58.0 Å². The second-order valence-corrected chi connectivity index (χ2v) is 11.9. The predicted molar refractivity (Wildman–Crippen MR) is 169 cm³/mol. The van der Waals surface area contributed by atoms with E-state index in [2.05, 4.69) is 43.7 Å². The molecule has 0 bridgehead atoms. The Bertz CT molecular complexity index is 1420. The van der Waals surface area contributed by atoms with Crippen molar-refractivity contribution in [2.75, 3.05) is 23.4 Å². The summed E-state index contributed by atoms with van der Waals surface area (Å²) in [6.45, 7) is 7.79. The van der Waals surface area contributed by atoms with Gasteiger partial charge in [-0.25, -0.2) is 24.1 Å². The molecule has 0 radical (unpaired) electrons. The van der Waals surface area contributed by atoms with E-state index in [0.717, 1.165) is 61.8 Å². The Morgan fingerprint density at radius 2 is 1.77 bits per heavy atom. The Morgan fingerprint density at radius 1 is 1.07 bits per heavy atom. The smallest absolute Gasteiger partial charge is 0.374 e. The van der Waals surface area contributed by atoms with E-state index in [0.29, 0.717) is 30.6 Å². The molecule has 5 rings (SSSR count). The molecule has 44 heavy (non-hydrogen) atoms. The van der Waals surface area contributed by atoms with E-state index in [1.165, 1.54) is 18.6 Å². The van der Waals surface area contributed by atoms with Crippen LogP contribution in [0.15, 0.2) is 53.5 Å². The molecular formula is C33H41F2N7O2. The number of nitrogens with zero attached hydrogens (tertiary/aromatic N) is 5. The quantitative estimate of drug-likeness (QED) is 0.146. The largest absolute Gasteiger partial charge is 0.475 e. The number of hydrogen-bond donors (Lipinski definition) is 3. The highest BCUT2D eigenvalue weighted by atomic mass is 19.2. The first-order valence-corrected chi connectivity index (χ1v) is 15.4. The average Bonchev–Trinajstić information content (AvgIpc) is 2.98. The number of hydrogen-bond acceptors (Lipinski definition) is 8. The molecule has 1 aliphatic carbocycles. The number of anilines is 2. The summed E-state index contributed by atoms with van der Waals surface area (Å²) in [5.74, 6) is -0.734. The molecule has 3 N–H and O–H groups in total. The van der Waals surface area contributed by atoms with E-state index >= 15 is 0 Å². The fourth-order valence-corrected chi connectivity index (χ4v) is 6.16. The van der Waals surface area contributed by atoms with Crippen molar-refractivity contribution in [2.24, 2.45) is 10.9 Å². The number of nitrogens with one attached hydrogen (secondary N) is 2. The molecule has 2 fully saturated rings. The average molecular weight is 606 g/mol. The highest BCUT2D eigenvalue weighted by molar-refractivity contribution is 5.87. The molecule has 1 saturated carbocycles.